The molecule has 1 aromatic rings. The van der Waals surface area contributed by atoms with Crippen LogP contribution in [0.25, 0.3) is 0 Å². The van der Waals surface area contributed by atoms with Crippen LogP contribution in [0.3, 0.4) is 0 Å². The van der Waals surface area contributed by atoms with E-state index < -0.39 is 42.8 Å². The number of aliphatic hydroxyl groups excluding tert-OH is 1. The van der Waals surface area contributed by atoms with Crippen LogP contribution in [0.15, 0.2) is 17.1 Å². The first-order valence-corrected chi connectivity index (χ1v) is 7.02. The summed E-state index contributed by atoms with van der Waals surface area (Å²) in [5.74, 6) is -0.0394. The van der Waals surface area contributed by atoms with Crippen LogP contribution in [0.1, 0.15) is 6.23 Å². The summed E-state index contributed by atoms with van der Waals surface area (Å²) in [6.45, 7) is -0.102. The fourth-order valence-corrected chi connectivity index (χ4v) is 2.52. The van der Waals surface area contributed by atoms with Gasteiger partial charge in [-0.15, -0.1) is 0 Å². The summed E-state index contributed by atoms with van der Waals surface area (Å²) in [6, 6.07) is 1.34. The maximum Gasteiger partial charge on any atom is 0.509 e. The second-order valence-corrected chi connectivity index (χ2v) is 5.07. The fraction of sp³-hybridized carbons (Fsp3) is 0.583. The zero-order valence-electron chi connectivity index (χ0n) is 12.5. The van der Waals surface area contributed by atoms with Crippen LogP contribution < -0.4 is 16.5 Å². The summed E-state index contributed by atoms with van der Waals surface area (Å²) in [5, 5.41) is 20.6. The molecular formula is C12H16N4O8. The quantitative estimate of drug-likeness (QED) is 0.267. The molecule has 1 unspecified atom stereocenters. The summed E-state index contributed by atoms with van der Waals surface area (Å²) in [6.07, 6.45) is -4.17. The Morgan fingerprint density at radius 1 is 1.42 bits per heavy atom. The van der Waals surface area contributed by atoms with Gasteiger partial charge in [0.25, 0.3) is 0 Å². The highest BCUT2D eigenvalue weighted by atomic mass is 16.8. The fourth-order valence-electron chi connectivity index (χ4n) is 2.52. The lowest BCUT2D eigenvalue weighted by molar-refractivity contribution is -0.156. The van der Waals surface area contributed by atoms with Crippen molar-refractivity contribution in [2.24, 2.45) is 0 Å². The van der Waals surface area contributed by atoms with Gasteiger partial charge in [0.2, 0.25) is 6.41 Å². The van der Waals surface area contributed by atoms with E-state index in [1.807, 2.05) is 0 Å². The van der Waals surface area contributed by atoms with E-state index >= 15 is 0 Å². The van der Waals surface area contributed by atoms with E-state index in [1.54, 1.807) is 5.48 Å². The maximum absolute atomic E-state index is 12.0. The number of rotatable bonds is 6. The third-order valence-corrected chi connectivity index (χ3v) is 3.63. The maximum atomic E-state index is 12.0. The summed E-state index contributed by atoms with van der Waals surface area (Å²) in [4.78, 5) is 27.0. The molecule has 132 valence electrons. The molecule has 0 spiro atoms. The lowest BCUT2D eigenvalue weighted by Crippen LogP contribution is -2.36. The molecule has 0 aliphatic carbocycles. The Morgan fingerprint density at radius 2 is 2.17 bits per heavy atom. The molecule has 12 nitrogen and oxygen atoms in total. The molecule has 24 heavy (non-hydrogen) atoms. The van der Waals surface area contributed by atoms with Crippen LogP contribution in [0.2, 0.25) is 0 Å². The van der Waals surface area contributed by atoms with Crippen molar-refractivity contribution in [2.45, 2.75) is 31.0 Å². The number of aromatic nitrogens is 2. The third kappa shape index (κ3) is 3.05. The van der Waals surface area contributed by atoms with Crippen molar-refractivity contribution in [2.75, 3.05) is 19.1 Å². The molecule has 5 atom stereocenters. The van der Waals surface area contributed by atoms with Gasteiger partial charge in [-0.05, 0) is 13.1 Å². The van der Waals surface area contributed by atoms with Gasteiger partial charge in [0, 0.05) is 6.20 Å². The zero-order chi connectivity index (χ0) is 17.3. The van der Waals surface area contributed by atoms with Crippen molar-refractivity contribution in [3.05, 3.63) is 22.7 Å². The number of hydrogen-bond acceptors (Lipinski definition) is 11. The van der Waals surface area contributed by atoms with Gasteiger partial charge in [0.05, 0.1) is 6.61 Å². The van der Waals surface area contributed by atoms with Crippen molar-refractivity contribution in [3.8, 4) is 0 Å². The summed E-state index contributed by atoms with van der Waals surface area (Å²) in [5.41, 5.74) is 1.03. The molecular weight excluding hydrogens is 328 g/mol. The smallest absolute Gasteiger partial charge is 0.424 e. The van der Waals surface area contributed by atoms with E-state index in [9.17, 15) is 14.7 Å². The predicted molar refractivity (Wildman–Crippen MR) is 74.0 cm³/mol. The number of carbonyl (C=O) groups is 1. The van der Waals surface area contributed by atoms with E-state index in [0.29, 0.717) is 0 Å². The first-order valence-electron chi connectivity index (χ1n) is 7.02. The van der Waals surface area contributed by atoms with Gasteiger partial charge in [0.1, 0.15) is 6.10 Å². The van der Waals surface area contributed by atoms with Gasteiger partial charge in [-0.25, -0.2) is 9.59 Å². The minimum Gasteiger partial charge on any atom is -0.424 e. The second-order valence-electron chi connectivity index (χ2n) is 5.07. The normalized spacial score (nSPS) is 29.7. The number of anilines is 1. The highest BCUT2D eigenvalue weighted by Crippen LogP contribution is 2.37. The summed E-state index contributed by atoms with van der Waals surface area (Å²) < 4.78 is 22.0. The first kappa shape index (κ1) is 16.6. The Bertz CT molecular complexity index is 667. The molecule has 2 aliphatic rings. The van der Waals surface area contributed by atoms with E-state index in [4.69, 9.17) is 24.2 Å². The average molecular weight is 344 g/mol. The van der Waals surface area contributed by atoms with Gasteiger partial charge >= 0.3 is 11.8 Å². The molecule has 2 saturated heterocycles. The van der Waals surface area contributed by atoms with Gasteiger partial charge in [-0.3, -0.25) is 20.6 Å². The Morgan fingerprint density at radius 3 is 2.83 bits per heavy atom. The van der Waals surface area contributed by atoms with Crippen LogP contribution >= 0.6 is 0 Å². The molecule has 12 heteroatoms. The number of ether oxygens (including phenoxy) is 4. The second kappa shape index (κ2) is 6.70. The molecule has 0 aromatic carbocycles. The first-order chi connectivity index (χ1) is 11.5. The molecule has 2 aliphatic heterocycles. The van der Waals surface area contributed by atoms with Crippen LogP contribution in [0.4, 0.5) is 10.6 Å². The third-order valence-electron chi connectivity index (χ3n) is 3.63. The van der Waals surface area contributed by atoms with Crippen LogP contribution in [0.5, 0.6) is 0 Å². The van der Waals surface area contributed by atoms with E-state index in [-0.39, 0.29) is 12.4 Å². The van der Waals surface area contributed by atoms with Gasteiger partial charge in [-0.1, -0.05) is 0 Å². The molecule has 0 saturated carbocycles. The number of fused-ring (bicyclic) bond motifs is 1. The van der Waals surface area contributed by atoms with Crippen molar-refractivity contribution < 1.29 is 34.1 Å². The SMILES string of the molecule is CNC(O)OC[C@H]1O[C@@H](n2ccc(NO)nc2=O)[C@@H]2OC(=O)O[C@@H]21. The van der Waals surface area contributed by atoms with Gasteiger partial charge in [0.15, 0.2) is 24.3 Å². The van der Waals surface area contributed by atoms with E-state index in [1.165, 1.54) is 19.3 Å². The average Bonchev–Trinajstić information content (AvgIpc) is 3.10. The van der Waals surface area contributed by atoms with Crippen LogP contribution in [-0.4, -0.2) is 64.4 Å². The molecule has 3 rings (SSSR count). The predicted octanol–water partition coefficient (Wildman–Crippen LogP) is -1.64. The van der Waals surface area contributed by atoms with Crippen molar-refractivity contribution >= 4 is 12.0 Å². The monoisotopic (exact) mass is 344 g/mol. The van der Waals surface area contributed by atoms with E-state index in [0.717, 1.165) is 4.57 Å². The molecule has 3 heterocycles. The number of nitrogens with one attached hydrogen (secondary N) is 2. The van der Waals surface area contributed by atoms with Crippen molar-refractivity contribution in [1.29, 1.82) is 0 Å². The lowest BCUT2D eigenvalue weighted by Gasteiger charge is -2.19. The van der Waals surface area contributed by atoms with Crippen LogP contribution in [-0.2, 0) is 18.9 Å². The largest absolute Gasteiger partial charge is 0.509 e. The highest BCUT2D eigenvalue weighted by Gasteiger charge is 2.55. The molecule has 1 aromatic heterocycles. The molecule has 2 fully saturated rings. The molecule has 0 radical (unpaired) electrons. The minimum atomic E-state index is -1.22. The Hall–Kier alpha value is -2.25. The zero-order valence-corrected chi connectivity index (χ0v) is 12.5. The highest BCUT2D eigenvalue weighted by molar-refractivity contribution is 5.63. The number of hydrogen-bond donors (Lipinski definition) is 4. The van der Waals surface area contributed by atoms with E-state index in [2.05, 4.69) is 10.3 Å². The minimum absolute atomic E-state index is 0.0394. The molecule has 0 bridgehead atoms. The summed E-state index contributed by atoms with van der Waals surface area (Å²) >= 11 is 0. The molecule has 0 amide bonds. The number of carbonyl (C=O) groups excluding carboxylic acids is 1. The topological polar surface area (TPSA) is 153 Å². The Labute approximate surface area is 134 Å². The van der Waals surface area contributed by atoms with Crippen molar-refractivity contribution in [1.82, 2.24) is 14.9 Å². The Balaban J connectivity index is 1.81. The standard InChI is InChI=1S/C12H16N4O8/c1-13-11(18)21-4-5-7-8(24-12(19)23-7)9(22-5)16-3-2-6(15-20)14-10(16)17/h2-3,5,7-9,11,13,18,20H,4H2,1H3,(H,14,15,17)/t5-,7-,8-,9-,11?/m1/s1. The van der Waals surface area contributed by atoms with Crippen molar-refractivity contribution in [3.63, 3.8) is 0 Å². The number of nitrogens with zero attached hydrogens (tertiary/aromatic N) is 2. The summed E-state index contributed by atoms with van der Waals surface area (Å²) in [7, 11) is 1.49. The Kier molecular flexibility index (Phi) is 4.64. The van der Waals surface area contributed by atoms with Crippen LogP contribution in [0, 0.1) is 0 Å². The molecule has 4 N–H and O–H groups in total. The lowest BCUT2D eigenvalue weighted by atomic mass is 10.1. The van der Waals surface area contributed by atoms with Gasteiger partial charge < -0.3 is 24.1 Å². The van der Waals surface area contributed by atoms with Gasteiger partial charge in [-0.2, -0.15) is 4.98 Å². The number of aliphatic hydroxyl groups is 1.